The fourth-order valence-corrected chi connectivity index (χ4v) is 4.08. The molecule has 0 fully saturated rings. The van der Waals surface area contributed by atoms with Gasteiger partial charge in [-0.15, -0.1) is 0 Å². The molecule has 0 amide bonds. The predicted molar refractivity (Wildman–Crippen MR) is 99.2 cm³/mol. The van der Waals surface area contributed by atoms with E-state index in [1.165, 1.54) is 23.5 Å². The average molecular weight is 371 g/mol. The summed E-state index contributed by atoms with van der Waals surface area (Å²) in [5.41, 5.74) is 1.03. The van der Waals surface area contributed by atoms with Crippen molar-refractivity contribution in [2.24, 2.45) is 0 Å². The molecule has 0 bridgehead atoms. The summed E-state index contributed by atoms with van der Waals surface area (Å²) in [6.07, 6.45) is 0. The third kappa shape index (κ3) is 3.70. The van der Waals surface area contributed by atoms with Crippen molar-refractivity contribution >= 4 is 15.7 Å². The first kappa shape index (κ1) is 17.9. The molecule has 26 heavy (non-hydrogen) atoms. The van der Waals surface area contributed by atoms with Gasteiger partial charge < -0.3 is 4.74 Å². The Hall–Kier alpha value is -2.86. The van der Waals surface area contributed by atoms with E-state index in [1.807, 2.05) is 6.07 Å². The van der Waals surface area contributed by atoms with Crippen LogP contribution in [0.4, 0.5) is 10.1 Å². The fourth-order valence-electron chi connectivity index (χ4n) is 2.60. The molecule has 0 radical (unpaired) electrons. The lowest BCUT2D eigenvalue weighted by Crippen LogP contribution is -2.30. The van der Waals surface area contributed by atoms with E-state index in [-0.39, 0.29) is 17.2 Å². The summed E-state index contributed by atoms with van der Waals surface area (Å²) in [5.74, 6) is -0.416. The molecule has 0 unspecified atom stereocenters. The quantitative estimate of drug-likeness (QED) is 0.651. The van der Waals surface area contributed by atoms with Crippen LogP contribution in [-0.2, 0) is 16.6 Å². The minimum atomic E-state index is -3.80. The van der Waals surface area contributed by atoms with Crippen molar-refractivity contribution < 1.29 is 17.5 Å². The minimum Gasteiger partial charge on any atom is -0.494 e. The molecular weight excluding hydrogens is 353 g/mol. The Labute approximate surface area is 152 Å². The highest BCUT2D eigenvalue weighted by molar-refractivity contribution is 7.92. The van der Waals surface area contributed by atoms with E-state index >= 15 is 0 Å². The Kier molecular flexibility index (Phi) is 5.23. The number of halogens is 1. The second-order valence-electron chi connectivity index (χ2n) is 5.63. The number of rotatable bonds is 6. The maximum atomic E-state index is 14.0. The molecule has 0 aliphatic heterocycles. The summed E-state index contributed by atoms with van der Waals surface area (Å²) in [4.78, 5) is 0.179. The van der Waals surface area contributed by atoms with Crippen molar-refractivity contribution in [1.29, 1.82) is 0 Å². The molecule has 0 aliphatic rings. The van der Waals surface area contributed by atoms with Crippen LogP contribution in [0.1, 0.15) is 5.56 Å². The Morgan fingerprint density at radius 2 is 1.54 bits per heavy atom. The van der Waals surface area contributed by atoms with Crippen molar-refractivity contribution in [3.8, 4) is 5.75 Å². The molecule has 0 aliphatic carbocycles. The van der Waals surface area contributed by atoms with E-state index in [0.717, 1.165) is 0 Å². The summed E-state index contributed by atoms with van der Waals surface area (Å²) in [6.45, 7) is 0.00214. The highest BCUT2D eigenvalue weighted by atomic mass is 32.2. The molecule has 3 aromatic carbocycles. The van der Waals surface area contributed by atoms with Crippen molar-refractivity contribution in [3.63, 3.8) is 0 Å². The van der Waals surface area contributed by atoms with Crippen LogP contribution in [0.2, 0.25) is 0 Å². The molecule has 6 heteroatoms. The lowest BCUT2D eigenvalue weighted by molar-refractivity contribution is 0.386. The maximum absolute atomic E-state index is 14.0. The molecule has 0 aromatic heterocycles. The molecule has 4 nitrogen and oxygen atoms in total. The van der Waals surface area contributed by atoms with Gasteiger partial charge in [-0.2, -0.15) is 0 Å². The normalized spacial score (nSPS) is 11.2. The summed E-state index contributed by atoms with van der Waals surface area (Å²) in [6, 6.07) is 21.4. The van der Waals surface area contributed by atoms with E-state index < -0.39 is 15.8 Å². The number of methoxy groups -OCH3 is 1. The Morgan fingerprint density at radius 3 is 2.12 bits per heavy atom. The molecule has 0 N–H and O–H groups in total. The number of ether oxygens (including phenoxy) is 1. The van der Waals surface area contributed by atoms with E-state index in [0.29, 0.717) is 11.3 Å². The number of hydrogen-bond acceptors (Lipinski definition) is 3. The number of para-hydroxylation sites is 1. The number of nitrogens with zero attached hydrogens (tertiary/aromatic N) is 1. The third-order valence-corrected chi connectivity index (χ3v) is 5.71. The monoisotopic (exact) mass is 371 g/mol. The van der Waals surface area contributed by atoms with E-state index in [2.05, 4.69) is 0 Å². The second kappa shape index (κ2) is 7.58. The van der Waals surface area contributed by atoms with E-state index in [1.54, 1.807) is 60.7 Å². The molecule has 0 heterocycles. The van der Waals surface area contributed by atoms with Gasteiger partial charge in [0, 0.05) is 0 Å². The third-order valence-electron chi connectivity index (χ3n) is 3.92. The second-order valence-corrected chi connectivity index (χ2v) is 7.49. The zero-order valence-electron chi connectivity index (χ0n) is 14.2. The first-order valence-corrected chi connectivity index (χ1v) is 9.41. The number of sulfonamides is 1. The standard InChI is InChI=1S/C20H18FNO3S/c1-25-20-13-12-16(14-19(20)21)15-22(17-8-4-2-5-9-17)26(23,24)18-10-6-3-7-11-18/h2-14H,15H2,1H3. The van der Waals surface area contributed by atoms with E-state index in [9.17, 15) is 12.8 Å². The summed E-state index contributed by atoms with van der Waals surface area (Å²) < 4.78 is 46.5. The first-order chi connectivity index (χ1) is 12.5. The van der Waals surface area contributed by atoms with Crippen LogP contribution < -0.4 is 9.04 Å². The predicted octanol–water partition coefficient (Wildman–Crippen LogP) is 4.23. The highest BCUT2D eigenvalue weighted by Gasteiger charge is 2.25. The van der Waals surface area contributed by atoms with Crippen LogP contribution in [0.25, 0.3) is 0 Å². The van der Waals surface area contributed by atoms with Gasteiger partial charge in [-0.25, -0.2) is 12.8 Å². The first-order valence-electron chi connectivity index (χ1n) is 7.97. The lowest BCUT2D eigenvalue weighted by atomic mass is 10.2. The van der Waals surface area contributed by atoms with E-state index in [4.69, 9.17) is 4.74 Å². The maximum Gasteiger partial charge on any atom is 0.264 e. The molecule has 0 saturated carbocycles. The van der Waals surface area contributed by atoms with Gasteiger partial charge in [-0.1, -0.05) is 42.5 Å². The molecule has 0 spiro atoms. The van der Waals surface area contributed by atoms with Gasteiger partial charge in [0.2, 0.25) is 0 Å². The topological polar surface area (TPSA) is 46.6 Å². The number of anilines is 1. The molecular formula is C20H18FNO3S. The van der Waals surface area contributed by atoms with Gasteiger partial charge >= 0.3 is 0 Å². The number of benzene rings is 3. The average Bonchev–Trinajstić information content (AvgIpc) is 2.67. The van der Waals surface area contributed by atoms with Crippen molar-refractivity contribution in [2.75, 3.05) is 11.4 Å². The van der Waals surface area contributed by atoms with Crippen molar-refractivity contribution in [2.45, 2.75) is 11.4 Å². The summed E-state index contributed by atoms with van der Waals surface area (Å²) in [5, 5.41) is 0. The summed E-state index contributed by atoms with van der Waals surface area (Å²) >= 11 is 0. The molecule has 134 valence electrons. The van der Waals surface area contributed by atoms with Gasteiger partial charge in [-0.3, -0.25) is 4.31 Å². The molecule has 3 aromatic rings. The SMILES string of the molecule is COc1ccc(CN(c2ccccc2)S(=O)(=O)c2ccccc2)cc1F. The number of hydrogen-bond donors (Lipinski definition) is 0. The van der Waals surface area contributed by atoms with Crippen LogP contribution in [0.5, 0.6) is 5.75 Å². The van der Waals surface area contributed by atoms with Crippen molar-refractivity contribution in [3.05, 3.63) is 90.2 Å². The van der Waals surface area contributed by atoms with Crippen LogP contribution in [0, 0.1) is 5.82 Å². The van der Waals surface area contributed by atoms with Gasteiger partial charge in [0.15, 0.2) is 11.6 Å². The van der Waals surface area contributed by atoms with Crippen LogP contribution in [0.15, 0.2) is 83.8 Å². The Bertz CT molecular complexity index is 976. The highest BCUT2D eigenvalue weighted by Crippen LogP contribution is 2.27. The van der Waals surface area contributed by atoms with Crippen LogP contribution in [-0.4, -0.2) is 15.5 Å². The molecule has 3 rings (SSSR count). The molecule has 0 saturated heterocycles. The Balaban J connectivity index is 2.04. The largest absolute Gasteiger partial charge is 0.494 e. The fraction of sp³-hybridized carbons (Fsp3) is 0.100. The van der Waals surface area contributed by atoms with Gasteiger partial charge in [0.25, 0.3) is 10.0 Å². The lowest BCUT2D eigenvalue weighted by Gasteiger charge is -2.25. The molecule has 0 atom stereocenters. The van der Waals surface area contributed by atoms with Crippen LogP contribution >= 0.6 is 0 Å². The van der Waals surface area contributed by atoms with Gasteiger partial charge in [0.1, 0.15) is 0 Å². The van der Waals surface area contributed by atoms with Crippen molar-refractivity contribution in [1.82, 2.24) is 0 Å². The minimum absolute atomic E-state index is 0.00214. The summed E-state index contributed by atoms with van der Waals surface area (Å²) in [7, 11) is -2.42. The van der Waals surface area contributed by atoms with Gasteiger partial charge in [0.05, 0.1) is 24.2 Å². The smallest absolute Gasteiger partial charge is 0.264 e. The zero-order valence-corrected chi connectivity index (χ0v) is 15.0. The Morgan fingerprint density at radius 1 is 0.923 bits per heavy atom. The zero-order chi connectivity index (χ0) is 18.6. The van der Waals surface area contributed by atoms with Gasteiger partial charge in [-0.05, 0) is 42.0 Å². The van der Waals surface area contributed by atoms with Crippen LogP contribution in [0.3, 0.4) is 0 Å².